The number of aromatic nitrogens is 2. The lowest BCUT2D eigenvalue weighted by Gasteiger charge is -2.22. The third-order valence-electron chi connectivity index (χ3n) is 4.86. The van der Waals surface area contributed by atoms with Crippen molar-refractivity contribution in [3.8, 4) is 17.1 Å². The van der Waals surface area contributed by atoms with Crippen molar-refractivity contribution in [2.75, 3.05) is 7.11 Å². The van der Waals surface area contributed by atoms with E-state index in [1.807, 2.05) is 0 Å². The monoisotopic (exact) mass is 403 g/mol. The number of likely N-dealkylation sites (tertiary alicyclic amines) is 1. The van der Waals surface area contributed by atoms with E-state index in [2.05, 4.69) is 10.1 Å². The highest BCUT2D eigenvalue weighted by Crippen LogP contribution is 2.35. The lowest BCUT2D eigenvalue weighted by atomic mass is 10.1. The number of hydrogen-bond acceptors (Lipinski definition) is 5. The van der Waals surface area contributed by atoms with Crippen LogP contribution in [0.3, 0.4) is 0 Å². The second kappa shape index (κ2) is 7.57. The highest BCUT2D eigenvalue weighted by molar-refractivity contribution is 5.78. The number of methoxy groups -OCH3 is 1. The highest BCUT2D eigenvalue weighted by Gasteiger charge is 2.37. The number of ether oxygens (including phenoxy) is 1. The summed E-state index contributed by atoms with van der Waals surface area (Å²) in [5, 5.41) is 3.85. The van der Waals surface area contributed by atoms with E-state index in [0.29, 0.717) is 12.0 Å². The van der Waals surface area contributed by atoms with E-state index < -0.39 is 23.5 Å². The van der Waals surface area contributed by atoms with Crippen LogP contribution in [0.25, 0.3) is 11.4 Å². The molecule has 6 nitrogen and oxygen atoms in total. The average molecular weight is 403 g/mol. The Labute approximate surface area is 163 Å². The number of carbonyl (C=O) groups is 1. The minimum absolute atomic E-state index is 0.0805. The van der Waals surface area contributed by atoms with Crippen molar-refractivity contribution in [3.05, 3.63) is 65.3 Å². The maximum Gasteiger partial charge on any atom is 0.249 e. The van der Waals surface area contributed by atoms with Gasteiger partial charge in [-0.05, 0) is 36.8 Å². The van der Waals surface area contributed by atoms with Crippen molar-refractivity contribution in [2.24, 2.45) is 0 Å². The first kappa shape index (κ1) is 19.0. The van der Waals surface area contributed by atoms with Crippen LogP contribution in [-0.2, 0) is 11.3 Å². The van der Waals surface area contributed by atoms with E-state index in [-0.39, 0.29) is 41.9 Å². The van der Waals surface area contributed by atoms with Gasteiger partial charge in [0.15, 0.2) is 11.6 Å². The zero-order valence-electron chi connectivity index (χ0n) is 15.4. The molecule has 0 saturated carbocycles. The summed E-state index contributed by atoms with van der Waals surface area (Å²) in [7, 11) is 1.36. The van der Waals surface area contributed by atoms with Crippen LogP contribution in [0.4, 0.5) is 13.2 Å². The number of rotatable bonds is 5. The fourth-order valence-electron chi connectivity index (χ4n) is 3.34. The van der Waals surface area contributed by atoms with Crippen LogP contribution >= 0.6 is 0 Å². The molecule has 0 N–H and O–H groups in total. The molecule has 29 heavy (non-hydrogen) atoms. The Hall–Kier alpha value is -3.36. The van der Waals surface area contributed by atoms with E-state index in [0.717, 1.165) is 12.1 Å². The molecular formula is C20H16F3N3O3. The lowest BCUT2D eigenvalue weighted by molar-refractivity contribution is -0.130. The van der Waals surface area contributed by atoms with Crippen LogP contribution in [0, 0.1) is 17.5 Å². The fourth-order valence-corrected chi connectivity index (χ4v) is 3.34. The molecule has 1 atom stereocenters. The largest absolute Gasteiger partial charge is 0.494 e. The minimum atomic E-state index is -0.733. The lowest BCUT2D eigenvalue weighted by Crippen LogP contribution is -2.28. The molecule has 9 heteroatoms. The molecule has 0 radical (unpaired) electrons. The van der Waals surface area contributed by atoms with Crippen molar-refractivity contribution in [1.29, 1.82) is 0 Å². The molecular weight excluding hydrogens is 387 g/mol. The van der Waals surface area contributed by atoms with E-state index >= 15 is 0 Å². The first-order valence-corrected chi connectivity index (χ1v) is 8.88. The Balaban J connectivity index is 1.61. The molecule has 150 valence electrons. The molecule has 4 rings (SSSR count). The van der Waals surface area contributed by atoms with Gasteiger partial charge in [-0.1, -0.05) is 11.2 Å². The molecule has 1 aromatic heterocycles. The maximum absolute atomic E-state index is 14.0. The quantitative estimate of drug-likeness (QED) is 0.644. The summed E-state index contributed by atoms with van der Waals surface area (Å²) in [6.07, 6.45) is 0.559. The second-order valence-corrected chi connectivity index (χ2v) is 6.58. The summed E-state index contributed by atoms with van der Waals surface area (Å²) >= 11 is 0. The van der Waals surface area contributed by atoms with Gasteiger partial charge in [-0.3, -0.25) is 4.79 Å². The van der Waals surface area contributed by atoms with Crippen molar-refractivity contribution in [3.63, 3.8) is 0 Å². The number of amides is 1. The Bertz CT molecular complexity index is 1050. The number of nitrogens with zero attached hydrogens (tertiary/aromatic N) is 3. The molecule has 1 aliphatic heterocycles. The van der Waals surface area contributed by atoms with Gasteiger partial charge in [0.1, 0.15) is 17.7 Å². The van der Waals surface area contributed by atoms with Gasteiger partial charge in [-0.2, -0.15) is 4.98 Å². The molecule has 1 fully saturated rings. The summed E-state index contributed by atoms with van der Waals surface area (Å²) in [5.41, 5.74) is 0.166. The molecule has 1 aliphatic rings. The standard InChI is InChI=1S/C20H16F3N3O3/c1-28-17-7-5-11(9-15(17)23)19-24-20(29-25-19)16-6-8-18(27)26(16)10-12-13(21)3-2-4-14(12)22/h2-5,7,9,16H,6,8,10H2,1H3. The first-order valence-electron chi connectivity index (χ1n) is 8.88. The molecule has 2 aromatic carbocycles. The molecule has 3 aromatic rings. The van der Waals surface area contributed by atoms with Crippen LogP contribution in [0.15, 0.2) is 40.9 Å². The predicted octanol–water partition coefficient (Wildman–Crippen LogP) is 4.03. The number of carbonyl (C=O) groups excluding carboxylic acids is 1. The summed E-state index contributed by atoms with van der Waals surface area (Å²) in [6, 6.07) is 7.13. The Morgan fingerprint density at radius 2 is 1.93 bits per heavy atom. The van der Waals surface area contributed by atoms with Crippen LogP contribution < -0.4 is 4.74 Å². The molecule has 0 aliphatic carbocycles. The fraction of sp³-hybridized carbons (Fsp3) is 0.250. The minimum Gasteiger partial charge on any atom is -0.494 e. The molecule has 1 saturated heterocycles. The Morgan fingerprint density at radius 1 is 1.17 bits per heavy atom. The SMILES string of the molecule is COc1ccc(-c2noc(C3CCC(=O)N3Cc3c(F)cccc3F)n2)cc1F. The van der Waals surface area contributed by atoms with E-state index in [1.54, 1.807) is 6.07 Å². The van der Waals surface area contributed by atoms with Gasteiger partial charge < -0.3 is 14.2 Å². The van der Waals surface area contributed by atoms with Crippen molar-refractivity contribution >= 4 is 5.91 Å². The van der Waals surface area contributed by atoms with Crippen LogP contribution in [-0.4, -0.2) is 28.1 Å². The predicted molar refractivity (Wildman–Crippen MR) is 95.1 cm³/mol. The molecule has 0 spiro atoms. The van der Waals surface area contributed by atoms with Gasteiger partial charge >= 0.3 is 0 Å². The summed E-state index contributed by atoms with van der Waals surface area (Å²) in [6.45, 7) is -0.253. The smallest absolute Gasteiger partial charge is 0.249 e. The van der Waals surface area contributed by atoms with E-state index in [4.69, 9.17) is 9.26 Å². The van der Waals surface area contributed by atoms with Crippen molar-refractivity contribution < 1.29 is 27.2 Å². The second-order valence-electron chi connectivity index (χ2n) is 6.58. The number of benzene rings is 2. The molecule has 1 amide bonds. The third kappa shape index (κ3) is 3.55. The summed E-state index contributed by atoms with van der Waals surface area (Å²) in [4.78, 5) is 17.9. The Kier molecular flexibility index (Phi) is 4.96. The number of hydrogen-bond donors (Lipinski definition) is 0. The van der Waals surface area contributed by atoms with E-state index in [1.165, 1.54) is 30.2 Å². The van der Waals surface area contributed by atoms with Crippen molar-refractivity contribution in [1.82, 2.24) is 15.0 Å². The van der Waals surface area contributed by atoms with Crippen LogP contribution in [0.2, 0.25) is 0 Å². The highest BCUT2D eigenvalue weighted by atomic mass is 19.1. The first-order chi connectivity index (χ1) is 14.0. The van der Waals surface area contributed by atoms with E-state index in [9.17, 15) is 18.0 Å². The van der Waals surface area contributed by atoms with Gasteiger partial charge in [0.2, 0.25) is 17.6 Å². The summed E-state index contributed by atoms with van der Waals surface area (Å²) in [5.74, 6) is -1.97. The molecule has 0 bridgehead atoms. The Morgan fingerprint density at radius 3 is 2.62 bits per heavy atom. The topological polar surface area (TPSA) is 68.5 Å². The molecule has 2 heterocycles. The zero-order valence-corrected chi connectivity index (χ0v) is 15.4. The van der Waals surface area contributed by atoms with Gasteiger partial charge in [-0.25, -0.2) is 13.2 Å². The van der Waals surface area contributed by atoms with Gasteiger partial charge in [0.25, 0.3) is 0 Å². The van der Waals surface area contributed by atoms with Crippen molar-refractivity contribution in [2.45, 2.75) is 25.4 Å². The zero-order chi connectivity index (χ0) is 20.5. The average Bonchev–Trinajstić information content (AvgIpc) is 3.32. The normalized spacial score (nSPS) is 16.5. The maximum atomic E-state index is 14.0. The molecule has 1 unspecified atom stereocenters. The van der Waals surface area contributed by atoms with Crippen LogP contribution in [0.1, 0.15) is 30.3 Å². The van der Waals surface area contributed by atoms with Gasteiger partial charge in [0, 0.05) is 17.5 Å². The van der Waals surface area contributed by atoms with Gasteiger partial charge in [0.05, 0.1) is 13.7 Å². The number of halogens is 3. The third-order valence-corrected chi connectivity index (χ3v) is 4.86. The van der Waals surface area contributed by atoms with Gasteiger partial charge in [-0.15, -0.1) is 0 Å². The van der Waals surface area contributed by atoms with Crippen LogP contribution in [0.5, 0.6) is 5.75 Å². The summed E-state index contributed by atoms with van der Waals surface area (Å²) < 4.78 is 52.1.